The van der Waals surface area contributed by atoms with E-state index >= 15 is 0 Å². The number of hydrogen-bond donors (Lipinski definition) is 3. The average Bonchev–Trinajstić information content (AvgIpc) is 3.13. The number of carbonyl (C=O) groups excluding carboxylic acids is 1. The molecule has 0 bridgehead atoms. The van der Waals surface area contributed by atoms with Gasteiger partial charge in [0.25, 0.3) is 5.91 Å². The maximum Gasteiger partial charge on any atom is 0.258 e. The number of carbonyl (C=O) groups is 1. The summed E-state index contributed by atoms with van der Waals surface area (Å²) in [7, 11) is 3.99. The lowest BCUT2D eigenvalue weighted by Crippen LogP contribution is -2.41. The molecule has 0 spiro atoms. The molecule has 6 nitrogen and oxygen atoms in total. The minimum Gasteiger partial charge on any atom is -0.378 e. The van der Waals surface area contributed by atoms with Crippen molar-refractivity contribution in [2.24, 2.45) is 5.10 Å². The molecule has 1 amide bonds. The van der Waals surface area contributed by atoms with Crippen molar-refractivity contribution >= 4 is 17.8 Å². The van der Waals surface area contributed by atoms with Crippen LogP contribution in [0, 0.1) is 0 Å². The lowest BCUT2D eigenvalue weighted by atomic mass is 10.0. The van der Waals surface area contributed by atoms with E-state index in [1.54, 1.807) is 6.21 Å². The van der Waals surface area contributed by atoms with Crippen LogP contribution in [-0.2, 0) is 4.79 Å². The van der Waals surface area contributed by atoms with Gasteiger partial charge in [-0.2, -0.15) is 5.10 Å². The molecule has 130 valence electrons. The molecule has 0 aliphatic carbocycles. The van der Waals surface area contributed by atoms with Gasteiger partial charge in [-0.1, -0.05) is 42.5 Å². The molecular formula is C19H23N5O. The third-order valence-electron chi connectivity index (χ3n) is 4.22. The van der Waals surface area contributed by atoms with Crippen molar-refractivity contribution in [1.82, 2.24) is 16.3 Å². The maximum absolute atomic E-state index is 12.2. The Hall–Kier alpha value is -2.70. The molecule has 0 saturated carbocycles. The summed E-state index contributed by atoms with van der Waals surface area (Å²) < 4.78 is 0. The Bertz CT molecular complexity index is 727. The van der Waals surface area contributed by atoms with E-state index < -0.39 is 0 Å². The third kappa shape index (κ3) is 4.43. The van der Waals surface area contributed by atoms with E-state index in [2.05, 4.69) is 33.5 Å². The van der Waals surface area contributed by atoms with Gasteiger partial charge in [0.05, 0.1) is 6.21 Å². The number of nitrogens with one attached hydrogen (secondary N) is 3. The van der Waals surface area contributed by atoms with Gasteiger partial charge in [0, 0.05) is 25.8 Å². The van der Waals surface area contributed by atoms with Crippen LogP contribution >= 0.6 is 0 Å². The molecule has 2 atom stereocenters. The first-order valence-electron chi connectivity index (χ1n) is 8.30. The summed E-state index contributed by atoms with van der Waals surface area (Å²) in [5.74, 6) is -0.146. The van der Waals surface area contributed by atoms with Gasteiger partial charge in [-0.25, -0.2) is 16.3 Å². The average molecular weight is 337 g/mol. The standard InChI is InChI=1S/C19H23N5O/c1-24(2)16-10-8-14(9-11-16)13-20-23-19(25)18-12-17(21-22-18)15-6-4-3-5-7-15/h3-11,13,17-18,21-22H,12H2,1-2H3,(H,23,25)/b20-13+. The topological polar surface area (TPSA) is 68.8 Å². The van der Waals surface area contributed by atoms with Crippen LogP contribution in [-0.4, -0.2) is 32.3 Å². The summed E-state index contributed by atoms with van der Waals surface area (Å²) in [6, 6.07) is 17.8. The molecule has 1 saturated heterocycles. The van der Waals surface area contributed by atoms with Crippen molar-refractivity contribution in [2.75, 3.05) is 19.0 Å². The first-order valence-corrected chi connectivity index (χ1v) is 8.30. The second-order valence-electron chi connectivity index (χ2n) is 6.26. The van der Waals surface area contributed by atoms with E-state index in [0.717, 1.165) is 16.8 Å². The highest BCUT2D eigenvalue weighted by Crippen LogP contribution is 2.21. The summed E-state index contributed by atoms with van der Waals surface area (Å²) in [6.07, 6.45) is 2.33. The summed E-state index contributed by atoms with van der Waals surface area (Å²) in [5.41, 5.74) is 12.0. The highest BCUT2D eigenvalue weighted by molar-refractivity contribution is 5.85. The van der Waals surface area contributed by atoms with Gasteiger partial charge < -0.3 is 4.90 Å². The van der Waals surface area contributed by atoms with Gasteiger partial charge in [0.2, 0.25) is 0 Å². The molecule has 0 radical (unpaired) electrons. The summed E-state index contributed by atoms with van der Waals surface area (Å²) in [4.78, 5) is 14.3. The Labute approximate surface area is 147 Å². The van der Waals surface area contributed by atoms with Crippen molar-refractivity contribution in [3.05, 3.63) is 65.7 Å². The van der Waals surface area contributed by atoms with E-state index in [0.29, 0.717) is 6.42 Å². The van der Waals surface area contributed by atoms with Crippen LogP contribution in [0.15, 0.2) is 59.7 Å². The van der Waals surface area contributed by atoms with Gasteiger partial charge in [-0.15, -0.1) is 0 Å². The number of hydrazone groups is 1. The van der Waals surface area contributed by atoms with Gasteiger partial charge in [0.15, 0.2) is 0 Å². The Morgan fingerprint density at radius 1 is 1.12 bits per heavy atom. The molecule has 25 heavy (non-hydrogen) atoms. The molecule has 1 aliphatic heterocycles. The number of rotatable bonds is 5. The molecule has 6 heteroatoms. The number of amides is 1. The highest BCUT2D eigenvalue weighted by atomic mass is 16.2. The van der Waals surface area contributed by atoms with E-state index in [4.69, 9.17) is 0 Å². The number of benzene rings is 2. The fourth-order valence-electron chi connectivity index (χ4n) is 2.74. The van der Waals surface area contributed by atoms with E-state index in [-0.39, 0.29) is 18.0 Å². The number of nitrogens with zero attached hydrogens (tertiary/aromatic N) is 2. The molecular weight excluding hydrogens is 314 g/mol. The molecule has 1 heterocycles. The van der Waals surface area contributed by atoms with Crippen LogP contribution < -0.4 is 21.2 Å². The smallest absolute Gasteiger partial charge is 0.258 e. The van der Waals surface area contributed by atoms with E-state index in [1.165, 1.54) is 0 Å². The quantitative estimate of drug-likeness (QED) is 0.575. The van der Waals surface area contributed by atoms with Crippen LogP contribution in [0.2, 0.25) is 0 Å². The molecule has 3 rings (SSSR count). The first-order chi connectivity index (χ1) is 12.1. The maximum atomic E-state index is 12.2. The fourth-order valence-corrected chi connectivity index (χ4v) is 2.74. The van der Waals surface area contributed by atoms with Crippen LogP contribution in [0.1, 0.15) is 23.6 Å². The van der Waals surface area contributed by atoms with Crippen molar-refractivity contribution in [2.45, 2.75) is 18.5 Å². The zero-order valence-electron chi connectivity index (χ0n) is 14.4. The Kier molecular flexibility index (Phi) is 5.42. The van der Waals surface area contributed by atoms with Gasteiger partial charge in [0.1, 0.15) is 6.04 Å². The fraction of sp³-hybridized carbons (Fsp3) is 0.263. The molecule has 1 fully saturated rings. The molecule has 1 aliphatic rings. The second kappa shape index (κ2) is 7.92. The normalized spacial score (nSPS) is 19.9. The largest absolute Gasteiger partial charge is 0.378 e. The first kappa shape index (κ1) is 17.1. The Morgan fingerprint density at radius 2 is 1.84 bits per heavy atom. The second-order valence-corrected chi connectivity index (χ2v) is 6.26. The van der Waals surface area contributed by atoms with Gasteiger partial charge in [-0.05, 0) is 29.7 Å². The van der Waals surface area contributed by atoms with Crippen LogP contribution in [0.5, 0.6) is 0 Å². The highest BCUT2D eigenvalue weighted by Gasteiger charge is 2.29. The number of hydrogen-bond acceptors (Lipinski definition) is 5. The van der Waals surface area contributed by atoms with Crippen LogP contribution in [0.3, 0.4) is 0 Å². The van der Waals surface area contributed by atoms with Crippen molar-refractivity contribution < 1.29 is 4.79 Å². The summed E-state index contributed by atoms with van der Waals surface area (Å²) in [5, 5.41) is 4.05. The predicted molar refractivity (Wildman–Crippen MR) is 100 cm³/mol. The third-order valence-corrected chi connectivity index (χ3v) is 4.22. The Balaban J connectivity index is 1.51. The lowest BCUT2D eigenvalue weighted by Gasteiger charge is -2.11. The zero-order valence-corrected chi connectivity index (χ0v) is 14.4. The van der Waals surface area contributed by atoms with Crippen molar-refractivity contribution in [3.63, 3.8) is 0 Å². The number of anilines is 1. The molecule has 2 aromatic rings. The monoisotopic (exact) mass is 337 g/mol. The Morgan fingerprint density at radius 3 is 2.52 bits per heavy atom. The summed E-state index contributed by atoms with van der Waals surface area (Å²) in [6.45, 7) is 0. The van der Waals surface area contributed by atoms with Crippen LogP contribution in [0.25, 0.3) is 0 Å². The van der Waals surface area contributed by atoms with Gasteiger partial charge >= 0.3 is 0 Å². The van der Waals surface area contributed by atoms with E-state index in [1.807, 2.05) is 61.5 Å². The van der Waals surface area contributed by atoms with E-state index in [9.17, 15) is 4.79 Å². The minimum atomic E-state index is -0.307. The minimum absolute atomic E-state index is 0.125. The molecule has 2 aromatic carbocycles. The van der Waals surface area contributed by atoms with Crippen LogP contribution in [0.4, 0.5) is 5.69 Å². The zero-order chi connectivity index (χ0) is 17.6. The molecule has 0 aromatic heterocycles. The molecule has 2 unspecified atom stereocenters. The lowest BCUT2D eigenvalue weighted by molar-refractivity contribution is -0.122. The summed E-state index contributed by atoms with van der Waals surface area (Å²) >= 11 is 0. The number of hydrazine groups is 1. The SMILES string of the molecule is CN(C)c1ccc(/C=N/NC(=O)C2CC(c3ccccc3)NN2)cc1. The van der Waals surface area contributed by atoms with Gasteiger partial charge in [-0.3, -0.25) is 4.79 Å². The predicted octanol–water partition coefficient (Wildman–Crippen LogP) is 1.81. The van der Waals surface area contributed by atoms with Crippen molar-refractivity contribution in [3.8, 4) is 0 Å². The molecule has 3 N–H and O–H groups in total. The van der Waals surface area contributed by atoms with Crippen molar-refractivity contribution in [1.29, 1.82) is 0 Å².